The number of benzene rings is 1. The monoisotopic (exact) mass is 208 g/mol. The maximum Gasteiger partial charge on any atom is 0.277 e. The fourth-order valence-electron chi connectivity index (χ4n) is 1.28. The molecule has 0 aliphatic carbocycles. The lowest BCUT2D eigenvalue weighted by molar-refractivity contribution is -0.385. The lowest BCUT2D eigenvalue weighted by Crippen LogP contribution is -2.01. The number of nitrogens with zero attached hydrogens (tertiary/aromatic N) is 1. The first-order valence-electron chi connectivity index (χ1n) is 4.42. The van der Waals surface area contributed by atoms with Gasteiger partial charge in [0.2, 0.25) is 0 Å². The van der Waals surface area contributed by atoms with Crippen LogP contribution in [0.1, 0.15) is 12.0 Å². The van der Waals surface area contributed by atoms with E-state index < -0.39 is 4.92 Å². The molecule has 0 saturated carbocycles. The summed E-state index contributed by atoms with van der Waals surface area (Å²) in [5.41, 5.74) is 6.17. The van der Waals surface area contributed by atoms with E-state index in [1.807, 2.05) is 0 Å². The molecule has 0 amide bonds. The predicted molar refractivity (Wildman–Crippen MR) is 57.5 cm³/mol. The van der Waals surface area contributed by atoms with Crippen LogP contribution in [0.5, 0.6) is 5.75 Å². The van der Waals surface area contributed by atoms with Gasteiger partial charge in [-0.2, -0.15) is 0 Å². The van der Waals surface area contributed by atoms with Gasteiger partial charge in [-0.05, 0) is 30.7 Å². The summed E-state index contributed by atoms with van der Waals surface area (Å²) in [6.45, 7) is 4.07. The first kappa shape index (κ1) is 11.2. The molecule has 1 rings (SSSR count). The number of hydrogen-bond donors (Lipinski definition) is 2. The van der Waals surface area contributed by atoms with Gasteiger partial charge in [0.05, 0.1) is 10.5 Å². The van der Waals surface area contributed by atoms with Crippen molar-refractivity contribution in [2.75, 3.05) is 6.54 Å². The van der Waals surface area contributed by atoms with Crippen molar-refractivity contribution in [2.24, 2.45) is 5.73 Å². The van der Waals surface area contributed by atoms with Crippen molar-refractivity contribution in [3.05, 3.63) is 40.5 Å². The van der Waals surface area contributed by atoms with Crippen LogP contribution in [0.25, 0.3) is 5.57 Å². The standard InChI is InChI=1S/C10H12N2O3/c1-7(4-5-11)9-6-8(13)2-3-10(9)12(14)15/h2-3,6,13H,1,4-5,11H2. The van der Waals surface area contributed by atoms with Gasteiger partial charge < -0.3 is 10.8 Å². The topological polar surface area (TPSA) is 89.4 Å². The highest BCUT2D eigenvalue weighted by molar-refractivity contribution is 5.72. The molecule has 0 fully saturated rings. The molecule has 0 saturated heterocycles. The molecular weight excluding hydrogens is 196 g/mol. The maximum atomic E-state index is 10.7. The van der Waals surface area contributed by atoms with Gasteiger partial charge >= 0.3 is 0 Å². The quantitative estimate of drug-likeness (QED) is 0.581. The number of nitro groups is 1. The molecule has 0 aliphatic rings. The zero-order valence-corrected chi connectivity index (χ0v) is 8.14. The lowest BCUT2D eigenvalue weighted by Gasteiger charge is -2.05. The van der Waals surface area contributed by atoms with E-state index in [0.29, 0.717) is 24.1 Å². The minimum absolute atomic E-state index is 0.0197. The second-order valence-electron chi connectivity index (χ2n) is 3.10. The number of phenolic OH excluding ortho intramolecular Hbond substituents is 1. The summed E-state index contributed by atoms with van der Waals surface area (Å²) >= 11 is 0. The summed E-state index contributed by atoms with van der Waals surface area (Å²) in [6.07, 6.45) is 0.463. The third-order valence-corrected chi connectivity index (χ3v) is 2.00. The molecule has 0 spiro atoms. The second kappa shape index (κ2) is 4.56. The Hall–Kier alpha value is -1.88. The predicted octanol–water partition coefficient (Wildman–Crippen LogP) is 1.66. The largest absolute Gasteiger partial charge is 0.508 e. The molecule has 0 aromatic heterocycles. The van der Waals surface area contributed by atoms with Gasteiger partial charge in [0.25, 0.3) is 5.69 Å². The second-order valence-corrected chi connectivity index (χ2v) is 3.10. The zero-order valence-electron chi connectivity index (χ0n) is 8.14. The van der Waals surface area contributed by atoms with Crippen LogP contribution in [0.3, 0.4) is 0 Å². The summed E-state index contributed by atoms with van der Waals surface area (Å²) in [6, 6.07) is 3.86. The Bertz CT molecular complexity index is 402. The molecule has 0 bridgehead atoms. The van der Waals surface area contributed by atoms with E-state index in [1.54, 1.807) is 0 Å². The summed E-state index contributed by atoms with van der Waals surface area (Å²) in [5.74, 6) is -0.0197. The van der Waals surface area contributed by atoms with Crippen molar-refractivity contribution in [1.29, 1.82) is 0 Å². The van der Waals surface area contributed by atoms with Crippen LogP contribution in [0.4, 0.5) is 5.69 Å². The normalized spacial score (nSPS) is 9.93. The average molecular weight is 208 g/mol. The van der Waals surface area contributed by atoms with E-state index in [-0.39, 0.29) is 11.4 Å². The molecule has 15 heavy (non-hydrogen) atoms. The van der Waals surface area contributed by atoms with E-state index >= 15 is 0 Å². The van der Waals surface area contributed by atoms with E-state index in [1.165, 1.54) is 18.2 Å². The highest BCUT2D eigenvalue weighted by atomic mass is 16.6. The van der Waals surface area contributed by atoms with Crippen LogP contribution in [-0.2, 0) is 0 Å². The average Bonchev–Trinajstić information content (AvgIpc) is 2.17. The molecule has 0 heterocycles. The molecule has 0 atom stereocenters. The number of nitrogens with two attached hydrogens (primary N) is 1. The Morgan fingerprint density at radius 1 is 1.60 bits per heavy atom. The van der Waals surface area contributed by atoms with Crippen molar-refractivity contribution < 1.29 is 10.0 Å². The molecule has 1 aromatic rings. The number of rotatable bonds is 4. The van der Waals surface area contributed by atoms with Crippen molar-refractivity contribution >= 4 is 11.3 Å². The van der Waals surface area contributed by atoms with Crippen LogP contribution in [-0.4, -0.2) is 16.6 Å². The van der Waals surface area contributed by atoms with Gasteiger partial charge in [0.1, 0.15) is 5.75 Å². The summed E-state index contributed by atoms with van der Waals surface area (Å²) in [5, 5.41) is 19.9. The van der Waals surface area contributed by atoms with Gasteiger partial charge in [-0.15, -0.1) is 0 Å². The van der Waals surface area contributed by atoms with E-state index in [4.69, 9.17) is 5.73 Å². The highest BCUT2D eigenvalue weighted by Gasteiger charge is 2.15. The number of hydrogen-bond acceptors (Lipinski definition) is 4. The lowest BCUT2D eigenvalue weighted by atomic mass is 10.0. The first-order chi connectivity index (χ1) is 7.06. The molecule has 80 valence electrons. The molecule has 0 unspecified atom stereocenters. The van der Waals surface area contributed by atoms with Gasteiger partial charge in [0, 0.05) is 6.07 Å². The van der Waals surface area contributed by atoms with E-state index in [0.717, 1.165) is 0 Å². The molecule has 0 radical (unpaired) electrons. The zero-order chi connectivity index (χ0) is 11.4. The van der Waals surface area contributed by atoms with E-state index in [9.17, 15) is 15.2 Å². The minimum Gasteiger partial charge on any atom is -0.508 e. The Kier molecular flexibility index (Phi) is 3.41. The fourth-order valence-corrected chi connectivity index (χ4v) is 1.28. The van der Waals surface area contributed by atoms with E-state index in [2.05, 4.69) is 6.58 Å². The Morgan fingerprint density at radius 3 is 2.80 bits per heavy atom. The number of nitro benzene ring substituents is 1. The van der Waals surface area contributed by atoms with Crippen LogP contribution in [0.15, 0.2) is 24.8 Å². The van der Waals surface area contributed by atoms with Crippen LogP contribution in [0, 0.1) is 10.1 Å². The van der Waals surface area contributed by atoms with Crippen LogP contribution >= 0.6 is 0 Å². The molecule has 0 aliphatic heterocycles. The van der Waals surface area contributed by atoms with Crippen molar-refractivity contribution in [1.82, 2.24) is 0 Å². The molecule has 1 aromatic carbocycles. The summed E-state index contributed by atoms with van der Waals surface area (Å²) < 4.78 is 0. The highest BCUT2D eigenvalue weighted by Crippen LogP contribution is 2.29. The third kappa shape index (κ3) is 2.54. The van der Waals surface area contributed by atoms with Gasteiger partial charge in [0.15, 0.2) is 0 Å². The molecule has 5 heteroatoms. The fraction of sp³-hybridized carbons (Fsp3) is 0.200. The van der Waals surface area contributed by atoms with Gasteiger partial charge in [-0.3, -0.25) is 10.1 Å². The molecule has 5 nitrogen and oxygen atoms in total. The van der Waals surface area contributed by atoms with Crippen molar-refractivity contribution in [2.45, 2.75) is 6.42 Å². The minimum atomic E-state index is -0.504. The maximum absolute atomic E-state index is 10.7. The summed E-state index contributed by atoms with van der Waals surface area (Å²) in [7, 11) is 0. The smallest absolute Gasteiger partial charge is 0.277 e. The number of phenols is 1. The Morgan fingerprint density at radius 2 is 2.27 bits per heavy atom. The van der Waals surface area contributed by atoms with Gasteiger partial charge in [-0.25, -0.2) is 0 Å². The third-order valence-electron chi connectivity index (χ3n) is 2.00. The van der Waals surface area contributed by atoms with Crippen molar-refractivity contribution in [3.8, 4) is 5.75 Å². The molecular formula is C10H12N2O3. The van der Waals surface area contributed by atoms with Crippen LogP contribution in [0.2, 0.25) is 0 Å². The summed E-state index contributed by atoms with van der Waals surface area (Å²) in [4.78, 5) is 10.2. The Balaban J connectivity index is 3.18. The first-order valence-corrected chi connectivity index (χ1v) is 4.42. The Labute approximate surface area is 87.0 Å². The van der Waals surface area contributed by atoms with Gasteiger partial charge in [-0.1, -0.05) is 6.58 Å². The number of aromatic hydroxyl groups is 1. The molecule has 3 N–H and O–H groups in total. The SMILES string of the molecule is C=C(CCN)c1cc(O)ccc1[N+](=O)[O-]. The van der Waals surface area contributed by atoms with Crippen molar-refractivity contribution in [3.63, 3.8) is 0 Å². The van der Waals surface area contributed by atoms with Crippen LogP contribution < -0.4 is 5.73 Å².